The number of piperidine rings is 1. The number of amides is 2. The van der Waals surface area contributed by atoms with Crippen molar-refractivity contribution in [1.29, 1.82) is 0 Å². The Morgan fingerprint density at radius 2 is 1.66 bits per heavy atom. The number of anilines is 1. The molecule has 7 nitrogen and oxygen atoms in total. The summed E-state index contributed by atoms with van der Waals surface area (Å²) in [6.07, 6.45) is 6.70. The lowest BCUT2D eigenvalue weighted by Gasteiger charge is -2.38. The fraction of sp³-hybridized carbons (Fsp3) is 0.519. The minimum absolute atomic E-state index is 0.133. The predicted octanol–water partition coefficient (Wildman–Crippen LogP) is 5.36. The highest BCUT2D eigenvalue weighted by atomic mass is 35.5. The molecule has 2 N–H and O–H groups in total. The van der Waals surface area contributed by atoms with Crippen LogP contribution in [0.25, 0.3) is 0 Å². The highest BCUT2D eigenvalue weighted by Crippen LogP contribution is 2.42. The number of halogens is 1. The minimum atomic E-state index is -0.231. The van der Waals surface area contributed by atoms with Crippen molar-refractivity contribution in [3.63, 3.8) is 0 Å². The minimum Gasteiger partial charge on any atom is -0.493 e. The maximum Gasteiger partial charge on any atom is 0.319 e. The number of nitrogens with zero attached hydrogens (tertiary/aromatic N) is 1. The predicted molar refractivity (Wildman–Crippen MR) is 139 cm³/mol. The first-order chi connectivity index (χ1) is 17.0. The van der Waals surface area contributed by atoms with Crippen LogP contribution in [-0.4, -0.2) is 57.4 Å². The van der Waals surface area contributed by atoms with Gasteiger partial charge >= 0.3 is 6.03 Å². The van der Waals surface area contributed by atoms with Crippen LogP contribution in [0.3, 0.4) is 0 Å². The van der Waals surface area contributed by atoms with Crippen LogP contribution < -0.4 is 24.8 Å². The SMILES string of the molecule is COc1ccc(NC(=O)N[C@@H]2CCC[C@H]2N2CCC(Cc3ccc(Cl)cc3)CC2)c(OC)c1OC. The van der Waals surface area contributed by atoms with Gasteiger partial charge in [0.2, 0.25) is 5.75 Å². The van der Waals surface area contributed by atoms with E-state index in [0.717, 1.165) is 43.8 Å². The number of benzene rings is 2. The molecule has 2 amide bonds. The van der Waals surface area contributed by atoms with Crippen molar-refractivity contribution in [3.8, 4) is 17.2 Å². The van der Waals surface area contributed by atoms with Crippen LogP contribution in [0.2, 0.25) is 5.02 Å². The lowest BCUT2D eigenvalue weighted by molar-refractivity contribution is 0.119. The van der Waals surface area contributed by atoms with Gasteiger partial charge in [-0.3, -0.25) is 4.90 Å². The number of methoxy groups -OCH3 is 3. The van der Waals surface area contributed by atoms with Gasteiger partial charge in [-0.1, -0.05) is 23.7 Å². The van der Waals surface area contributed by atoms with Crippen molar-refractivity contribution < 1.29 is 19.0 Å². The summed E-state index contributed by atoms with van der Waals surface area (Å²) in [7, 11) is 4.66. The first-order valence-electron chi connectivity index (χ1n) is 12.4. The Hall–Kier alpha value is -2.64. The van der Waals surface area contributed by atoms with Crippen molar-refractivity contribution in [1.82, 2.24) is 10.2 Å². The quantitative estimate of drug-likeness (QED) is 0.509. The van der Waals surface area contributed by atoms with Crippen molar-refractivity contribution in [2.45, 2.75) is 50.6 Å². The molecule has 1 aliphatic carbocycles. The van der Waals surface area contributed by atoms with Gasteiger partial charge in [0, 0.05) is 17.1 Å². The zero-order valence-electron chi connectivity index (χ0n) is 20.8. The fourth-order valence-electron chi connectivity index (χ4n) is 5.51. The van der Waals surface area contributed by atoms with Gasteiger partial charge in [-0.15, -0.1) is 0 Å². The van der Waals surface area contributed by atoms with Gasteiger partial charge < -0.3 is 24.8 Å². The van der Waals surface area contributed by atoms with Gasteiger partial charge in [-0.25, -0.2) is 4.79 Å². The summed E-state index contributed by atoms with van der Waals surface area (Å²) in [6, 6.07) is 12.0. The summed E-state index contributed by atoms with van der Waals surface area (Å²) < 4.78 is 16.2. The van der Waals surface area contributed by atoms with Gasteiger partial charge in [0.1, 0.15) is 0 Å². The first kappa shape index (κ1) is 25.5. The van der Waals surface area contributed by atoms with Crippen LogP contribution in [-0.2, 0) is 6.42 Å². The fourth-order valence-corrected chi connectivity index (χ4v) is 5.64. The second-order valence-electron chi connectivity index (χ2n) is 9.40. The van der Waals surface area contributed by atoms with Crippen molar-refractivity contribution in [2.24, 2.45) is 5.92 Å². The number of nitrogens with one attached hydrogen (secondary N) is 2. The van der Waals surface area contributed by atoms with E-state index in [1.165, 1.54) is 18.4 Å². The average Bonchev–Trinajstić information content (AvgIpc) is 3.33. The summed E-state index contributed by atoms with van der Waals surface area (Å²) in [5.74, 6) is 2.13. The zero-order valence-corrected chi connectivity index (χ0v) is 21.6. The molecule has 2 aliphatic rings. The number of likely N-dealkylation sites (tertiary alicyclic amines) is 1. The molecule has 190 valence electrons. The third-order valence-electron chi connectivity index (χ3n) is 7.30. The molecule has 2 aromatic rings. The summed E-state index contributed by atoms with van der Waals surface area (Å²) in [5, 5.41) is 6.94. The molecule has 2 aromatic carbocycles. The van der Waals surface area contributed by atoms with Crippen LogP contribution in [0.15, 0.2) is 36.4 Å². The van der Waals surface area contributed by atoms with E-state index in [1.54, 1.807) is 33.5 Å². The molecule has 0 aromatic heterocycles. The maximum absolute atomic E-state index is 12.9. The van der Waals surface area contributed by atoms with Gasteiger partial charge in [-0.05, 0) is 87.4 Å². The number of carbonyl (C=O) groups is 1. The van der Waals surface area contributed by atoms with Crippen LogP contribution in [0, 0.1) is 5.92 Å². The molecule has 0 bridgehead atoms. The molecule has 0 spiro atoms. The summed E-state index contributed by atoms with van der Waals surface area (Å²) >= 11 is 6.02. The summed E-state index contributed by atoms with van der Waals surface area (Å²) in [5.41, 5.74) is 1.90. The number of hydrogen-bond acceptors (Lipinski definition) is 5. The van der Waals surface area contributed by atoms with E-state index in [-0.39, 0.29) is 12.1 Å². The highest BCUT2D eigenvalue weighted by molar-refractivity contribution is 6.30. The standard InChI is InChI=1S/C27H36ClN3O4/c1-33-24-12-11-22(25(34-2)26(24)35-3)30-27(32)29-21-5-4-6-23(21)31-15-13-19(14-16-31)17-18-7-9-20(28)10-8-18/h7-12,19,21,23H,4-6,13-17H2,1-3H3,(H2,29,30,32)/t21-,23-/m1/s1. The summed E-state index contributed by atoms with van der Waals surface area (Å²) in [4.78, 5) is 15.5. The molecule has 2 atom stereocenters. The Morgan fingerprint density at radius 1 is 0.943 bits per heavy atom. The Morgan fingerprint density at radius 3 is 2.31 bits per heavy atom. The second-order valence-corrected chi connectivity index (χ2v) is 9.83. The first-order valence-corrected chi connectivity index (χ1v) is 12.7. The van der Waals surface area contributed by atoms with E-state index >= 15 is 0 Å². The Kier molecular flexibility index (Phi) is 8.63. The zero-order chi connectivity index (χ0) is 24.8. The molecule has 1 aliphatic heterocycles. The average molecular weight is 502 g/mol. The van der Waals surface area contributed by atoms with E-state index in [9.17, 15) is 4.79 Å². The number of ether oxygens (including phenoxy) is 3. The largest absolute Gasteiger partial charge is 0.493 e. The normalized spacial score (nSPS) is 20.9. The van der Waals surface area contributed by atoms with E-state index in [4.69, 9.17) is 25.8 Å². The molecule has 1 heterocycles. The highest BCUT2D eigenvalue weighted by Gasteiger charge is 2.35. The van der Waals surface area contributed by atoms with Crippen molar-refractivity contribution in [2.75, 3.05) is 39.7 Å². The second kappa shape index (κ2) is 11.9. The number of carbonyl (C=O) groups excluding carboxylic acids is 1. The molecule has 0 unspecified atom stereocenters. The lowest BCUT2D eigenvalue weighted by atomic mass is 9.89. The molecular weight excluding hydrogens is 466 g/mol. The Bertz CT molecular complexity index is 993. The third-order valence-corrected chi connectivity index (χ3v) is 7.56. The number of hydrogen-bond donors (Lipinski definition) is 2. The molecule has 0 radical (unpaired) electrons. The van der Waals surface area contributed by atoms with Gasteiger partial charge in [0.05, 0.1) is 27.0 Å². The van der Waals surface area contributed by atoms with Gasteiger partial charge in [0.25, 0.3) is 0 Å². The monoisotopic (exact) mass is 501 g/mol. The number of urea groups is 1. The van der Waals surface area contributed by atoms with Crippen LogP contribution >= 0.6 is 11.6 Å². The summed E-state index contributed by atoms with van der Waals surface area (Å²) in [6.45, 7) is 2.15. The van der Waals surface area contributed by atoms with Gasteiger partial charge in [0.15, 0.2) is 11.5 Å². The third kappa shape index (κ3) is 6.14. The molecule has 1 saturated heterocycles. The Labute approximate surface area is 213 Å². The van der Waals surface area contributed by atoms with E-state index < -0.39 is 0 Å². The van der Waals surface area contributed by atoms with Crippen LogP contribution in [0.1, 0.15) is 37.7 Å². The smallest absolute Gasteiger partial charge is 0.319 e. The molecule has 2 fully saturated rings. The molecule has 8 heteroatoms. The number of rotatable bonds is 8. The Balaban J connectivity index is 1.32. The van der Waals surface area contributed by atoms with Crippen LogP contribution in [0.5, 0.6) is 17.2 Å². The van der Waals surface area contributed by atoms with E-state index in [0.29, 0.717) is 34.9 Å². The maximum atomic E-state index is 12.9. The van der Waals surface area contributed by atoms with E-state index in [2.05, 4.69) is 27.7 Å². The molecular formula is C27H36ClN3O4. The van der Waals surface area contributed by atoms with E-state index in [1.807, 2.05) is 12.1 Å². The molecule has 35 heavy (non-hydrogen) atoms. The lowest BCUT2D eigenvalue weighted by Crippen LogP contribution is -2.52. The van der Waals surface area contributed by atoms with Crippen molar-refractivity contribution in [3.05, 3.63) is 47.0 Å². The van der Waals surface area contributed by atoms with Crippen molar-refractivity contribution >= 4 is 23.3 Å². The van der Waals surface area contributed by atoms with Gasteiger partial charge in [-0.2, -0.15) is 0 Å². The topological polar surface area (TPSA) is 72.1 Å². The molecule has 1 saturated carbocycles. The molecule has 4 rings (SSSR count). The van der Waals surface area contributed by atoms with Crippen LogP contribution in [0.4, 0.5) is 10.5 Å².